The minimum absolute atomic E-state index is 0.0269. The predicted octanol–water partition coefficient (Wildman–Crippen LogP) is 4.80. The largest absolute Gasteiger partial charge is 0.486 e. The van der Waals surface area contributed by atoms with E-state index < -0.39 is 0 Å². The molecule has 158 valence electrons. The van der Waals surface area contributed by atoms with Gasteiger partial charge in [-0.15, -0.1) is 22.7 Å². The number of nitrogens with zero attached hydrogens (tertiary/aromatic N) is 3. The van der Waals surface area contributed by atoms with Gasteiger partial charge in [0.2, 0.25) is 17.6 Å². The quantitative estimate of drug-likeness (QED) is 0.400. The molecule has 0 saturated carbocycles. The Bertz CT molecular complexity index is 1160. The number of thiophene rings is 2. The number of rotatable bonds is 7. The van der Waals surface area contributed by atoms with E-state index in [-0.39, 0.29) is 12.3 Å². The zero-order valence-corrected chi connectivity index (χ0v) is 18.2. The molecule has 0 bridgehead atoms. The second-order valence-corrected chi connectivity index (χ2v) is 8.86. The molecule has 0 N–H and O–H groups in total. The van der Waals surface area contributed by atoms with E-state index in [1.54, 1.807) is 27.6 Å². The molecule has 7 nitrogen and oxygen atoms in total. The van der Waals surface area contributed by atoms with Crippen molar-refractivity contribution in [2.75, 3.05) is 18.1 Å². The van der Waals surface area contributed by atoms with Crippen LogP contribution in [-0.2, 0) is 17.8 Å². The van der Waals surface area contributed by atoms with Crippen molar-refractivity contribution in [3.63, 3.8) is 0 Å². The fraction of sp³-hybridized carbons (Fsp3) is 0.227. The van der Waals surface area contributed by atoms with Crippen LogP contribution in [-0.4, -0.2) is 29.3 Å². The van der Waals surface area contributed by atoms with Crippen LogP contribution in [0.2, 0.25) is 0 Å². The summed E-state index contributed by atoms with van der Waals surface area (Å²) in [5.74, 6) is 2.34. The van der Waals surface area contributed by atoms with Gasteiger partial charge in [0.05, 0.1) is 11.4 Å². The minimum Gasteiger partial charge on any atom is -0.486 e. The van der Waals surface area contributed by atoms with Crippen LogP contribution in [0.25, 0.3) is 10.7 Å². The van der Waals surface area contributed by atoms with E-state index in [1.807, 2.05) is 53.2 Å². The molecule has 1 aliphatic rings. The Morgan fingerprint density at radius 2 is 1.87 bits per heavy atom. The van der Waals surface area contributed by atoms with Gasteiger partial charge in [0.25, 0.3) is 0 Å². The molecule has 1 aliphatic heterocycles. The highest BCUT2D eigenvalue weighted by molar-refractivity contribution is 7.13. The molecule has 1 aromatic carbocycles. The van der Waals surface area contributed by atoms with Gasteiger partial charge in [-0.05, 0) is 35.0 Å². The summed E-state index contributed by atoms with van der Waals surface area (Å²) in [6, 6.07) is 13.5. The highest BCUT2D eigenvalue weighted by Gasteiger charge is 2.21. The van der Waals surface area contributed by atoms with Crippen LogP contribution in [0.1, 0.15) is 17.2 Å². The number of benzene rings is 1. The third-order valence-electron chi connectivity index (χ3n) is 4.79. The molecule has 9 heteroatoms. The van der Waals surface area contributed by atoms with E-state index in [1.165, 1.54) is 0 Å². The molecule has 0 radical (unpaired) electrons. The lowest BCUT2D eigenvalue weighted by atomic mass is 10.2. The lowest BCUT2D eigenvalue weighted by Gasteiger charge is -2.25. The number of aryl methyl sites for hydroxylation is 1. The molecule has 0 unspecified atom stereocenters. The zero-order valence-electron chi connectivity index (χ0n) is 16.5. The van der Waals surface area contributed by atoms with Crippen LogP contribution in [0.5, 0.6) is 11.5 Å². The second kappa shape index (κ2) is 8.91. The normalized spacial score (nSPS) is 12.6. The van der Waals surface area contributed by atoms with Crippen LogP contribution >= 0.6 is 22.7 Å². The number of aromatic nitrogens is 2. The van der Waals surface area contributed by atoms with Crippen molar-refractivity contribution in [3.05, 3.63) is 64.0 Å². The average molecular weight is 454 g/mol. The van der Waals surface area contributed by atoms with Crippen molar-refractivity contribution >= 4 is 34.3 Å². The minimum atomic E-state index is -0.0269. The first-order valence-corrected chi connectivity index (χ1v) is 11.6. The lowest BCUT2D eigenvalue weighted by Crippen LogP contribution is -2.30. The SMILES string of the molecule is O=C(CCc1nc(-c2cccs2)no1)N(Cc1cccs1)c1ccc2c(c1)OCCO2. The van der Waals surface area contributed by atoms with Crippen molar-refractivity contribution in [2.24, 2.45) is 0 Å². The van der Waals surface area contributed by atoms with Gasteiger partial charge >= 0.3 is 0 Å². The summed E-state index contributed by atoms with van der Waals surface area (Å²) in [5.41, 5.74) is 0.771. The third kappa shape index (κ3) is 4.47. The van der Waals surface area contributed by atoms with Crippen molar-refractivity contribution in [1.29, 1.82) is 0 Å². The van der Waals surface area contributed by atoms with E-state index >= 15 is 0 Å². The van der Waals surface area contributed by atoms with Gasteiger partial charge in [-0.2, -0.15) is 4.98 Å². The first-order valence-electron chi connectivity index (χ1n) is 9.85. The fourth-order valence-corrected chi connectivity index (χ4v) is 4.63. The number of hydrogen-bond acceptors (Lipinski definition) is 8. The van der Waals surface area contributed by atoms with Gasteiger partial charge in [-0.1, -0.05) is 17.3 Å². The zero-order chi connectivity index (χ0) is 21.0. The van der Waals surface area contributed by atoms with Gasteiger partial charge < -0.3 is 18.9 Å². The number of anilines is 1. The predicted molar refractivity (Wildman–Crippen MR) is 119 cm³/mol. The van der Waals surface area contributed by atoms with Crippen LogP contribution in [0.4, 0.5) is 5.69 Å². The number of carbonyl (C=O) groups excluding carboxylic acids is 1. The second-order valence-electron chi connectivity index (χ2n) is 6.88. The highest BCUT2D eigenvalue weighted by atomic mass is 32.1. The molecule has 3 aromatic heterocycles. The van der Waals surface area contributed by atoms with E-state index in [0.717, 1.165) is 15.4 Å². The van der Waals surface area contributed by atoms with Crippen molar-refractivity contribution in [3.8, 4) is 22.2 Å². The summed E-state index contributed by atoms with van der Waals surface area (Å²) < 4.78 is 16.7. The topological polar surface area (TPSA) is 77.7 Å². The molecule has 0 spiro atoms. The number of hydrogen-bond donors (Lipinski definition) is 0. The Balaban J connectivity index is 1.33. The van der Waals surface area contributed by atoms with Crippen molar-refractivity contribution in [1.82, 2.24) is 10.1 Å². The van der Waals surface area contributed by atoms with Crippen LogP contribution in [0.3, 0.4) is 0 Å². The van der Waals surface area contributed by atoms with Crippen molar-refractivity contribution < 1.29 is 18.8 Å². The monoisotopic (exact) mass is 453 g/mol. The van der Waals surface area contributed by atoms with E-state index in [0.29, 0.717) is 49.4 Å². The Kier molecular flexibility index (Phi) is 5.68. The number of ether oxygens (including phenoxy) is 2. The third-order valence-corrected chi connectivity index (χ3v) is 6.52. The maximum absolute atomic E-state index is 13.2. The molecule has 0 aliphatic carbocycles. The number of carbonyl (C=O) groups is 1. The molecule has 5 rings (SSSR count). The highest BCUT2D eigenvalue weighted by Crippen LogP contribution is 2.35. The maximum Gasteiger partial charge on any atom is 0.227 e. The lowest BCUT2D eigenvalue weighted by molar-refractivity contribution is -0.118. The molecule has 0 fully saturated rings. The first kappa shape index (κ1) is 19.8. The molecule has 0 saturated heterocycles. The molecular formula is C22H19N3O4S2. The standard InChI is InChI=1S/C22H19N3O4S2/c26-21(8-7-20-23-22(24-29-20)19-4-2-12-31-19)25(14-16-3-1-11-30-16)15-5-6-17-18(13-15)28-10-9-27-17/h1-6,11-13H,7-10,14H2. The Morgan fingerprint density at radius 3 is 2.68 bits per heavy atom. The van der Waals surface area contributed by atoms with Crippen LogP contribution in [0.15, 0.2) is 57.7 Å². The summed E-state index contributed by atoms with van der Waals surface area (Å²) in [6.07, 6.45) is 0.634. The van der Waals surface area contributed by atoms with Gasteiger partial charge in [-0.25, -0.2) is 0 Å². The Morgan fingerprint density at radius 1 is 1.03 bits per heavy atom. The van der Waals surface area contributed by atoms with Crippen molar-refractivity contribution in [2.45, 2.75) is 19.4 Å². The molecule has 31 heavy (non-hydrogen) atoms. The number of amides is 1. The summed E-state index contributed by atoms with van der Waals surface area (Å²) in [6.45, 7) is 1.52. The van der Waals surface area contributed by atoms with Gasteiger partial charge in [0.1, 0.15) is 13.2 Å². The molecule has 4 aromatic rings. The average Bonchev–Trinajstić information content (AvgIpc) is 3.58. The summed E-state index contributed by atoms with van der Waals surface area (Å²) in [4.78, 5) is 21.4. The van der Waals surface area contributed by atoms with Gasteiger partial charge in [-0.3, -0.25) is 4.79 Å². The Labute approximate surface area is 186 Å². The molecule has 1 amide bonds. The van der Waals surface area contributed by atoms with E-state index in [4.69, 9.17) is 14.0 Å². The summed E-state index contributed by atoms with van der Waals surface area (Å²) >= 11 is 3.17. The smallest absolute Gasteiger partial charge is 0.227 e. The van der Waals surface area contributed by atoms with Gasteiger partial charge in [0.15, 0.2) is 11.5 Å². The maximum atomic E-state index is 13.2. The fourth-order valence-electron chi connectivity index (χ4n) is 3.29. The molecular weight excluding hydrogens is 434 g/mol. The van der Waals surface area contributed by atoms with E-state index in [9.17, 15) is 4.79 Å². The van der Waals surface area contributed by atoms with Gasteiger partial charge in [0, 0.05) is 29.5 Å². The van der Waals surface area contributed by atoms with E-state index in [2.05, 4.69) is 10.1 Å². The number of fused-ring (bicyclic) bond motifs is 1. The molecule has 0 atom stereocenters. The first-order chi connectivity index (χ1) is 15.3. The molecule has 4 heterocycles. The van der Waals surface area contributed by atoms with Crippen LogP contribution < -0.4 is 14.4 Å². The Hall–Kier alpha value is -3.17. The van der Waals surface area contributed by atoms with Crippen LogP contribution in [0, 0.1) is 0 Å². The summed E-state index contributed by atoms with van der Waals surface area (Å²) in [5, 5.41) is 7.99. The summed E-state index contributed by atoms with van der Waals surface area (Å²) in [7, 11) is 0.